The Morgan fingerprint density at radius 2 is 1.48 bits per heavy atom. The van der Waals surface area contributed by atoms with Gasteiger partial charge in [0.2, 0.25) is 0 Å². The van der Waals surface area contributed by atoms with Crippen molar-refractivity contribution in [1.82, 2.24) is 15.2 Å². The summed E-state index contributed by atoms with van der Waals surface area (Å²) in [4.78, 5) is 46.5. The van der Waals surface area contributed by atoms with Gasteiger partial charge < -0.3 is 29.0 Å². The lowest BCUT2D eigenvalue weighted by atomic mass is 9.86. The van der Waals surface area contributed by atoms with E-state index in [0.717, 1.165) is 38.0 Å². The molecule has 4 aromatic carbocycles. The van der Waals surface area contributed by atoms with E-state index in [1.807, 2.05) is 36.4 Å². The second kappa shape index (κ2) is 18.8. The van der Waals surface area contributed by atoms with E-state index in [0.29, 0.717) is 55.3 Å². The number of pyridine rings is 1. The fraction of sp³-hybridized carbons (Fsp3) is 0.289. The van der Waals surface area contributed by atoms with E-state index in [9.17, 15) is 14.4 Å². The fourth-order valence-electron chi connectivity index (χ4n) is 7.45. The van der Waals surface area contributed by atoms with E-state index in [-0.39, 0.29) is 24.7 Å². The van der Waals surface area contributed by atoms with Gasteiger partial charge in [-0.15, -0.1) is 0 Å². The third-order valence-corrected chi connectivity index (χ3v) is 11.3. The van der Waals surface area contributed by atoms with Gasteiger partial charge in [0.25, 0.3) is 0 Å². The summed E-state index contributed by atoms with van der Waals surface area (Å²) >= 11 is 12.9. The number of amides is 1. The summed E-state index contributed by atoms with van der Waals surface area (Å²) in [6.45, 7) is 2.80. The molecular formula is C45H43Cl2N3O8. The molecule has 0 unspecified atom stereocenters. The van der Waals surface area contributed by atoms with Gasteiger partial charge in [-0.2, -0.15) is 0 Å². The van der Waals surface area contributed by atoms with Gasteiger partial charge in [-0.3, -0.25) is 9.88 Å². The lowest BCUT2D eigenvalue weighted by Gasteiger charge is -2.43. The minimum absolute atomic E-state index is 0.0437. The molecule has 0 radical (unpaired) electrons. The molecule has 13 heteroatoms. The van der Waals surface area contributed by atoms with Crippen molar-refractivity contribution >= 4 is 41.2 Å². The van der Waals surface area contributed by atoms with Crippen LogP contribution in [0.25, 0.3) is 0 Å². The van der Waals surface area contributed by atoms with Gasteiger partial charge in [0.1, 0.15) is 18.8 Å². The Morgan fingerprint density at radius 3 is 2.16 bits per heavy atom. The molecule has 5 aromatic rings. The largest absolute Gasteiger partial charge is 0.493 e. The van der Waals surface area contributed by atoms with Crippen molar-refractivity contribution in [2.24, 2.45) is 5.92 Å². The maximum Gasteiger partial charge on any atom is 0.408 e. The summed E-state index contributed by atoms with van der Waals surface area (Å²) in [7, 11) is 3.06. The summed E-state index contributed by atoms with van der Waals surface area (Å²) in [5, 5.41) is 3.73. The van der Waals surface area contributed by atoms with Crippen molar-refractivity contribution in [3.05, 3.63) is 158 Å². The van der Waals surface area contributed by atoms with E-state index >= 15 is 0 Å². The summed E-state index contributed by atoms with van der Waals surface area (Å²) < 4.78 is 28.6. The molecule has 1 aromatic heterocycles. The molecule has 300 valence electrons. The SMILES string of the molecule is COc1ccc([C@H](Cc2c(Cl)cncc2Cl)OC(=O)c2ccc(COC(=O)c3cccc([C@@H](NC(=O)O[C@H]4CN5CCC4CC5)c4ccccc4)c3)cc2)cc1OC. The Bertz CT molecular complexity index is 2210. The smallest absolute Gasteiger partial charge is 0.408 e. The molecule has 3 atom stereocenters. The molecule has 3 saturated heterocycles. The Balaban J connectivity index is 1.00. The lowest BCUT2D eigenvalue weighted by Crippen LogP contribution is -2.52. The molecule has 0 aliphatic carbocycles. The highest BCUT2D eigenvalue weighted by atomic mass is 35.5. The molecule has 4 heterocycles. The number of ether oxygens (including phenoxy) is 5. The second-order valence-corrected chi connectivity index (χ2v) is 15.1. The van der Waals surface area contributed by atoms with Crippen molar-refractivity contribution < 1.29 is 38.1 Å². The molecule has 3 fully saturated rings. The Morgan fingerprint density at radius 1 is 0.776 bits per heavy atom. The third kappa shape index (κ3) is 9.73. The van der Waals surface area contributed by atoms with Gasteiger partial charge in [-0.25, -0.2) is 14.4 Å². The highest BCUT2D eigenvalue weighted by Crippen LogP contribution is 2.36. The van der Waals surface area contributed by atoms with Gasteiger partial charge >= 0.3 is 18.0 Å². The van der Waals surface area contributed by atoms with Crippen LogP contribution in [-0.2, 0) is 27.2 Å². The maximum absolute atomic E-state index is 13.5. The van der Waals surface area contributed by atoms with Gasteiger partial charge in [0.15, 0.2) is 11.5 Å². The number of nitrogens with one attached hydrogen (secondary N) is 1. The molecule has 58 heavy (non-hydrogen) atoms. The molecular weight excluding hydrogens is 781 g/mol. The van der Waals surface area contributed by atoms with E-state index in [1.54, 1.807) is 60.7 Å². The first-order valence-corrected chi connectivity index (χ1v) is 19.8. The van der Waals surface area contributed by atoms with Crippen LogP contribution in [0.4, 0.5) is 4.79 Å². The number of nitrogens with zero attached hydrogens (tertiary/aromatic N) is 2. The van der Waals surface area contributed by atoms with Crippen molar-refractivity contribution in [1.29, 1.82) is 0 Å². The van der Waals surface area contributed by atoms with Crippen LogP contribution in [0.1, 0.15) is 73.5 Å². The molecule has 0 spiro atoms. The number of carbonyl (C=O) groups is 3. The summed E-state index contributed by atoms with van der Waals surface area (Å²) in [5.41, 5.74) is 4.02. The number of methoxy groups -OCH3 is 2. The van der Waals surface area contributed by atoms with Gasteiger partial charge in [0, 0.05) is 25.4 Å². The maximum atomic E-state index is 13.5. The number of halogens is 2. The number of hydrogen-bond acceptors (Lipinski definition) is 10. The van der Waals surface area contributed by atoms with E-state index < -0.39 is 30.2 Å². The van der Waals surface area contributed by atoms with Crippen LogP contribution >= 0.6 is 23.2 Å². The number of aromatic nitrogens is 1. The molecule has 1 amide bonds. The number of esters is 2. The standard InChI is InChI=1S/C45H43Cl2N3O8/c1-54-38-16-15-32(22-40(38)55-2)39(23-35-36(46)24-48-25-37(35)47)57-44(52)31-13-11-28(12-14-31)27-56-43(51)34-10-6-9-33(21-34)42(30-7-4-3-5-8-30)49-45(53)58-41-26-50-19-17-29(41)18-20-50/h3-16,21-22,24-25,29,39,41-42H,17-20,23,26-27H2,1-2H3,(H,49,53)/t39-,41-,42-/m0/s1. The quantitative estimate of drug-likeness (QED) is 0.0858. The number of carbonyl (C=O) groups excluding carboxylic acids is 3. The van der Waals surface area contributed by atoms with Crippen molar-refractivity contribution in [3.63, 3.8) is 0 Å². The monoisotopic (exact) mass is 823 g/mol. The first kappa shape index (κ1) is 40.6. The van der Waals surface area contributed by atoms with Crippen LogP contribution in [0.3, 0.4) is 0 Å². The van der Waals surface area contributed by atoms with Crippen molar-refractivity contribution in [2.45, 2.75) is 44.1 Å². The van der Waals surface area contributed by atoms with Gasteiger partial charge in [-0.05, 0) is 96.1 Å². The average Bonchev–Trinajstić information content (AvgIpc) is 3.26. The third-order valence-electron chi connectivity index (χ3n) is 10.6. The first-order valence-electron chi connectivity index (χ1n) is 19.0. The Labute approximate surface area is 347 Å². The first-order chi connectivity index (χ1) is 28.2. The van der Waals surface area contributed by atoms with Crippen LogP contribution in [0.15, 0.2) is 109 Å². The number of benzene rings is 4. The van der Waals surface area contributed by atoms with Crippen LogP contribution in [-0.4, -0.2) is 67.9 Å². The van der Waals surface area contributed by atoms with Crippen LogP contribution in [0.2, 0.25) is 10.0 Å². The zero-order valence-electron chi connectivity index (χ0n) is 32.1. The Kier molecular flexibility index (Phi) is 13.1. The summed E-state index contributed by atoms with van der Waals surface area (Å²) in [5.74, 6) is 0.227. The van der Waals surface area contributed by atoms with Crippen LogP contribution < -0.4 is 14.8 Å². The Hall–Kier alpha value is -5.62. The second-order valence-electron chi connectivity index (χ2n) is 14.3. The molecule has 3 aliphatic heterocycles. The van der Waals surface area contributed by atoms with Crippen molar-refractivity contribution in [3.8, 4) is 11.5 Å². The normalized spacial score (nSPS) is 18.0. The van der Waals surface area contributed by atoms with Crippen LogP contribution in [0, 0.1) is 5.92 Å². The predicted octanol–water partition coefficient (Wildman–Crippen LogP) is 8.81. The average molecular weight is 825 g/mol. The highest BCUT2D eigenvalue weighted by molar-refractivity contribution is 6.35. The zero-order chi connectivity index (χ0) is 40.6. The van der Waals surface area contributed by atoms with E-state index in [4.69, 9.17) is 46.9 Å². The summed E-state index contributed by atoms with van der Waals surface area (Å²) in [6, 6.07) is 27.8. The molecule has 0 saturated carbocycles. The van der Waals surface area contributed by atoms with Gasteiger partial charge in [-0.1, -0.05) is 83.9 Å². The number of fused-ring (bicyclic) bond motifs is 3. The molecule has 2 bridgehead atoms. The lowest BCUT2D eigenvalue weighted by molar-refractivity contribution is -0.0336. The number of rotatable bonds is 14. The topological polar surface area (TPSA) is 126 Å². The molecule has 1 N–H and O–H groups in total. The van der Waals surface area contributed by atoms with Crippen molar-refractivity contribution in [2.75, 3.05) is 33.9 Å². The minimum atomic E-state index is -0.798. The molecule has 8 rings (SSSR count). The number of alkyl carbamates (subject to hydrolysis) is 1. The molecule has 3 aliphatic rings. The number of piperidine rings is 3. The molecule has 11 nitrogen and oxygen atoms in total. The predicted molar refractivity (Wildman–Crippen MR) is 219 cm³/mol. The minimum Gasteiger partial charge on any atom is -0.493 e. The van der Waals surface area contributed by atoms with Crippen LogP contribution in [0.5, 0.6) is 11.5 Å². The van der Waals surface area contributed by atoms with E-state index in [1.165, 1.54) is 26.6 Å². The van der Waals surface area contributed by atoms with Gasteiger partial charge in [0.05, 0.1) is 41.4 Å². The summed E-state index contributed by atoms with van der Waals surface area (Å²) in [6.07, 6.45) is 3.76. The fourth-order valence-corrected chi connectivity index (χ4v) is 7.97. The highest BCUT2D eigenvalue weighted by Gasteiger charge is 2.37. The van der Waals surface area contributed by atoms with E-state index in [2.05, 4.69) is 15.2 Å². The zero-order valence-corrected chi connectivity index (χ0v) is 33.6. The number of hydrogen-bond donors (Lipinski definition) is 1.